The van der Waals surface area contributed by atoms with Gasteiger partial charge in [0, 0.05) is 13.0 Å². The number of aryl methyl sites for hydroxylation is 1. The van der Waals surface area contributed by atoms with E-state index in [-0.39, 0.29) is 17.4 Å². The number of anilines is 1. The van der Waals surface area contributed by atoms with E-state index in [4.69, 9.17) is 4.74 Å². The van der Waals surface area contributed by atoms with Gasteiger partial charge in [0.15, 0.2) is 0 Å². The highest BCUT2D eigenvalue weighted by molar-refractivity contribution is 5.61. The van der Waals surface area contributed by atoms with Crippen LogP contribution in [0.2, 0.25) is 0 Å². The maximum absolute atomic E-state index is 11.2. The van der Waals surface area contributed by atoms with Crippen LogP contribution in [0, 0.1) is 16.0 Å². The van der Waals surface area contributed by atoms with E-state index in [1.165, 1.54) is 7.11 Å². The summed E-state index contributed by atoms with van der Waals surface area (Å²) in [4.78, 5) is 19.0. The second kappa shape index (κ2) is 7.62. The van der Waals surface area contributed by atoms with Crippen molar-refractivity contribution in [3.63, 3.8) is 0 Å². The summed E-state index contributed by atoms with van der Waals surface area (Å²) in [5, 5.41) is 14.2. The molecule has 7 nitrogen and oxygen atoms in total. The van der Waals surface area contributed by atoms with Gasteiger partial charge in [-0.3, -0.25) is 10.1 Å². The fraction of sp³-hybridized carbons (Fsp3) is 0.692. The van der Waals surface area contributed by atoms with Crippen molar-refractivity contribution in [2.24, 2.45) is 5.92 Å². The van der Waals surface area contributed by atoms with Crippen LogP contribution in [0.5, 0.6) is 5.88 Å². The third-order valence-corrected chi connectivity index (χ3v) is 2.76. The monoisotopic (exact) mass is 282 g/mol. The highest BCUT2D eigenvalue weighted by Gasteiger charge is 2.25. The fourth-order valence-corrected chi connectivity index (χ4v) is 1.72. The molecule has 0 amide bonds. The molecule has 0 fully saturated rings. The molecule has 7 heteroatoms. The van der Waals surface area contributed by atoms with E-state index in [1.54, 1.807) is 0 Å². The van der Waals surface area contributed by atoms with Gasteiger partial charge >= 0.3 is 5.69 Å². The van der Waals surface area contributed by atoms with Gasteiger partial charge in [-0.05, 0) is 18.8 Å². The van der Waals surface area contributed by atoms with E-state index in [2.05, 4.69) is 29.1 Å². The maximum atomic E-state index is 11.2. The summed E-state index contributed by atoms with van der Waals surface area (Å²) >= 11 is 0. The van der Waals surface area contributed by atoms with Crippen molar-refractivity contribution in [3.05, 3.63) is 15.9 Å². The third kappa shape index (κ3) is 4.32. The van der Waals surface area contributed by atoms with Crippen LogP contribution in [0.3, 0.4) is 0 Å². The van der Waals surface area contributed by atoms with Gasteiger partial charge in [-0.2, -0.15) is 4.98 Å². The van der Waals surface area contributed by atoms with Crippen molar-refractivity contribution in [1.82, 2.24) is 9.97 Å². The van der Waals surface area contributed by atoms with Crippen LogP contribution in [0.15, 0.2) is 0 Å². The molecule has 0 aliphatic rings. The van der Waals surface area contributed by atoms with Gasteiger partial charge in [0.2, 0.25) is 5.82 Å². The van der Waals surface area contributed by atoms with Crippen LogP contribution in [0.1, 0.15) is 39.4 Å². The lowest BCUT2D eigenvalue weighted by Gasteiger charge is -2.11. The highest BCUT2D eigenvalue weighted by Crippen LogP contribution is 2.31. The van der Waals surface area contributed by atoms with Gasteiger partial charge in [0.25, 0.3) is 5.88 Å². The van der Waals surface area contributed by atoms with Crippen molar-refractivity contribution in [3.8, 4) is 5.88 Å². The first kappa shape index (κ1) is 16.1. The molecule has 1 rings (SSSR count). The molecular formula is C13H22N4O3. The first-order chi connectivity index (χ1) is 9.49. The lowest BCUT2D eigenvalue weighted by molar-refractivity contribution is -0.385. The van der Waals surface area contributed by atoms with E-state index < -0.39 is 4.92 Å². The molecule has 1 aromatic heterocycles. The van der Waals surface area contributed by atoms with Crippen molar-refractivity contribution in [2.45, 2.75) is 40.0 Å². The van der Waals surface area contributed by atoms with Crippen LogP contribution in [-0.2, 0) is 6.42 Å². The van der Waals surface area contributed by atoms with Gasteiger partial charge in [-0.15, -0.1) is 0 Å². The average Bonchev–Trinajstić information content (AvgIpc) is 2.37. The average molecular weight is 282 g/mol. The highest BCUT2D eigenvalue weighted by atomic mass is 16.6. The van der Waals surface area contributed by atoms with E-state index >= 15 is 0 Å². The largest absolute Gasteiger partial charge is 0.476 e. The number of methoxy groups -OCH3 is 1. The topological polar surface area (TPSA) is 90.2 Å². The van der Waals surface area contributed by atoms with Gasteiger partial charge in [-0.25, -0.2) is 4.98 Å². The molecule has 0 spiro atoms. The van der Waals surface area contributed by atoms with Crippen LogP contribution < -0.4 is 10.1 Å². The van der Waals surface area contributed by atoms with Gasteiger partial charge in [-0.1, -0.05) is 20.8 Å². The van der Waals surface area contributed by atoms with Gasteiger partial charge < -0.3 is 10.1 Å². The molecule has 112 valence electrons. The number of nitro groups is 1. The number of nitrogens with one attached hydrogen (secondary N) is 1. The van der Waals surface area contributed by atoms with Crippen LogP contribution in [0.4, 0.5) is 11.5 Å². The Morgan fingerprint density at radius 3 is 2.60 bits per heavy atom. The van der Waals surface area contributed by atoms with E-state index in [1.807, 2.05) is 6.92 Å². The molecule has 1 heterocycles. The Morgan fingerprint density at radius 2 is 2.10 bits per heavy atom. The number of aromatic nitrogens is 2. The van der Waals surface area contributed by atoms with Crippen LogP contribution in [-0.4, -0.2) is 28.5 Å². The number of hydrogen-bond acceptors (Lipinski definition) is 6. The second-order valence-corrected chi connectivity index (χ2v) is 4.96. The zero-order valence-electron chi connectivity index (χ0n) is 12.5. The van der Waals surface area contributed by atoms with E-state index in [9.17, 15) is 10.1 Å². The SMILES string of the molecule is CCCc1nc(NCCC(C)C)c([N+](=O)[O-])c(OC)n1. The molecule has 1 aromatic rings. The van der Waals surface area contributed by atoms with Gasteiger partial charge in [0.1, 0.15) is 5.82 Å². The van der Waals surface area contributed by atoms with Crippen molar-refractivity contribution < 1.29 is 9.66 Å². The minimum Gasteiger partial charge on any atom is -0.476 e. The maximum Gasteiger partial charge on any atom is 0.372 e. The third-order valence-electron chi connectivity index (χ3n) is 2.76. The Morgan fingerprint density at radius 1 is 1.40 bits per heavy atom. The number of hydrogen-bond donors (Lipinski definition) is 1. The minimum atomic E-state index is -0.508. The summed E-state index contributed by atoms with van der Waals surface area (Å²) in [5.41, 5.74) is -0.198. The number of nitrogens with zero attached hydrogens (tertiary/aromatic N) is 3. The van der Waals surface area contributed by atoms with E-state index in [0.717, 1.165) is 12.8 Å². The molecule has 0 radical (unpaired) electrons. The molecular weight excluding hydrogens is 260 g/mol. The molecule has 0 bridgehead atoms. The molecule has 0 saturated heterocycles. The number of ether oxygens (including phenoxy) is 1. The Balaban J connectivity index is 3.08. The first-order valence-electron chi connectivity index (χ1n) is 6.82. The summed E-state index contributed by atoms with van der Waals surface area (Å²) in [5.74, 6) is 1.33. The lowest BCUT2D eigenvalue weighted by Crippen LogP contribution is -2.12. The van der Waals surface area contributed by atoms with E-state index in [0.29, 0.717) is 24.7 Å². The summed E-state index contributed by atoms with van der Waals surface area (Å²) in [6.45, 7) is 6.83. The normalized spacial score (nSPS) is 10.7. The van der Waals surface area contributed by atoms with Crippen molar-refractivity contribution in [2.75, 3.05) is 19.0 Å². The predicted molar refractivity (Wildman–Crippen MR) is 77.2 cm³/mol. The van der Waals surface area contributed by atoms with Crippen LogP contribution in [0.25, 0.3) is 0 Å². The molecule has 1 N–H and O–H groups in total. The smallest absolute Gasteiger partial charge is 0.372 e. The Kier molecular flexibility index (Phi) is 6.14. The first-order valence-corrected chi connectivity index (χ1v) is 6.82. The molecule has 0 unspecified atom stereocenters. The van der Waals surface area contributed by atoms with Crippen molar-refractivity contribution >= 4 is 11.5 Å². The second-order valence-electron chi connectivity index (χ2n) is 4.96. The predicted octanol–water partition coefficient (Wildman–Crippen LogP) is 2.80. The van der Waals surface area contributed by atoms with Crippen LogP contribution >= 0.6 is 0 Å². The molecule has 0 aliphatic heterocycles. The molecule has 20 heavy (non-hydrogen) atoms. The zero-order chi connectivity index (χ0) is 15.1. The Hall–Kier alpha value is -1.92. The Bertz CT molecular complexity index is 463. The zero-order valence-corrected chi connectivity index (χ0v) is 12.5. The van der Waals surface area contributed by atoms with Gasteiger partial charge in [0.05, 0.1) is 12.0 Å². The standard InChI is InChI=1S/C13H22N4O3/c1-5-6-10-15-12(14-8-7-9(2)3)11(17(18)19)13(16-10)20-4/h9H,5-8H2,1-4H3,(H,14,15,16). The van der Waals surface area contributed by atoms with Crippen molar-refractivity contribution in [1.29, 1.82) is 0 Å². The summed E-state index contributed by atoms with van der Waals surface area (Å²) in [6.07, 6.45) is 2.44. The summed E-state index contributed by atoms with van der Waals surface area (Å²) in [6, 6.07) is 0. The summed E-state index contributed by atoms with van der Waals surface area (Å²) < 4.78 is 5.03. The Labute approximate surface area is 118 Å². The molecule has 0 atom stereocenters. The number of rotatable bonds is 8. The molecule has 0 aliphatic carbocycles. The fourth-order valence-electron chi connectivity index (χ4n) is 1.72. The lowest BCUT2D eigenvalue weighted by atomic mass is 10.1. The minimum absolute atomic E-state index is 0.0143. The quantitative estimate of drug-likeness (QED) is 0.582. The summed E-state index contributed by atoms with van der Waals surface area (Å²) in [7, 11) is 1.38. The molecule has 0 saturated carbocycles. The molecule has 0 aromatic carbocycles.